The highest BCUT2D eigenvalue weighted by atomic mass is 16.5. The molecule has 0 aliphatic rings. The van der Waals surface area contributed by atoms with Gasteiger partial charge in [-0.3, -0.25) is 0 Å². The number of anilines is 1. The third-order valence-electron chi connectivity index (χ3n) is 3.94. The van der Waals surface area contributed by atoms with Crippen LogP contribution in [0.5, 0.6) is 5.75 Å². The van der Waals surface area contributed by atoms with Gasteiger partial charge in [0.1, 0.15) is 11.6 Å². The summed E-state index contributed by atoms with van der Waals surface area (Å²) in [5.41, 5.74) is 3.62. The van der Waals surface area contributed by atoms with E-state index < -0.39 is 0 Å². The van der Waals surface area contributed by atoms with Crippen LogP contribution in [0, 0.1) is 6.92 Å². The van der Waals surface area contributed by atoms with Gasteiger partial charge in [-0.25, -0.2) is 4.98 Å². The number of para-hydroxylation sites is 1. The summed E-state index contributed by atoms with van der Waals surface area (Å²) in [5.74, 6) is 1.77. The minimum atomic E-state index is 0.374. The maximum absolute atomic E-state index is 5.45. The van der Waals surface area contributed by atoms with Gasteiger partial charge in [-0.15, -0.1) is 0 Å². The van der Waals surface area contributed by atoms with Crippen LogP contribution in [0.4, 0.5) is 5.82 Å². The maximum atomic E-state index is 5.45. The highest BCUT2D eigenvalue weighted by molar-refractivity contribution is 5.71. The molecule has 23 heavy (non-hydrogen) atoms. The minimum Gasteiger partial charge on any atom is -0.496 e. The van der Waals surface area contributed by atoms with Gasteiger partial charge in [0, 0.05) is 29.4 Å². The fourth-order valence-corrected chi connectivity index (χ4v) is 2.55. The molecule has 0 bridgehead atoms. The average Bonchev–Trinajstić information content (AvgIpc) is 2.98. The van der Waals surface area contributed by atoms with Crippen LogP contribution in [-0.4, -0.2) is 27.7 Å². The molecule has 2 aromatic heterocycles. The first-order valence-corrected chi connectivity index (χ1v) is 7.89. The van der Waals surface area contributed by atoms with Crippen LogP contribution in [0.15, 0.2) is 36.4 Å². The van der Waals surface area contributed by atoms with E-state index in [4.69, 9.17) is 9.84 Å². The predicted octanol–water partition coefficient (Wildman–Crippen LogP) is 3.92. The molecule has 0 aliphatic carbocycles. The van der Waals surface area contributed by atoms with Crippen molar-refractivity contribution in [2.75, 3.05) is 12.4 Å². The van der Waals surface area contributed by atoms with E-state index in [2.05, 4.69) is 24.1 Å². The van der Waals surface area contributed by atoms with Crippen molar-refractivity contribution in [2.24, 2.45) is 0 Å². The number of hydrogen-bond donors (Lipinski definition) is 1. The van der Waals surface area contributed by atoms with E-state index in [1.165, 1.54) is 0 Å². The van der Waals surface area contributed by atoms with Gasteiger partial charge in [0.25, 0.3) is 0 Å². The van der Waals surface area contributed by atoms with Gasteiger partial charge in [0.15, 0.2) is 5.65 Å². The van der Waals surface area contributed by atoms with Crippen LogP contribution < -0.4 is 10.1 Å². The largest absolute Gasteiger partial charge is 0.496 e. The maximum Gasteiger partial charge on any atom is 0.158 e. The van der Waals surface area contributed by atoms with E-state index in [-0.39, 0.29) is 0 Å². The summed E-state index contributed by atoms with van der Waals surface area (Å²) in [4.78, 5) is 4.59. The molecule has 3 rings (SSSR count). The summed E-state index contributed by atoms with van der Waals surface area (Å²) in [6, 6.07) is 12.3. The van der Waals surface area contributed by atoms with Crippen molar-refractivity contribution in [1.82, 2.24) is 14.6 Å². The first-order chi connectivity index (χ1) is 11.1. The Morgan fingerprint density at radius 2 is 2.04 bits per heavy atom. The molecule has 2 heterocycles. The smallest absolute Gasteiger partial charge is 0.158 e. The molecule has 1 N–H and O–H groups in total. The van der Waals surface area contributed by atoms with Crippen LogP contribution in [-0.2, 0) is 0 Å². The van der Waals surface area contributed by atoms with Gasteiger partial charge in [0.05, 0.1) is 12.8 Å². The summed E-state index contributed by atoms with van der Waals surface area (Å²) in [5, 5.41) is 8.23. The van der Waals surface area contributed by atoms with Gasteiger partial charge < -0.3 is 10.1 Å². The standard InChI is InChI=1S/C18H22N4O/c1-5-12(2)19-17-10-13(3)20-18-11-15(21-22(17)18)14-8-6-7-9-16(14)23-4/h6-12,19H,5H2,1-4H3. The number of nitrogens with one attached hydrogen (secondary N) is 1. The van der Waals surface area contributed by atoms with Crippen molar-refractivity contribution in [3.05, 3.63) is 42.1 Å². The number of aryl methyl sites for hydroxylation is 1. The Morgan fingerprint density at radius 1 is 1.26 bits per heavy atom. The fraction of sp³-hybridized carbons (Fsp3) is 0.333. The highest BCUT2D eigenvalue weighted by Gasteiger charge is 2.13. The molecule has 0 amide bonds. The van der Waals surface area contributed by atoms with E-state index >= 15 is 0 Å². The summed E-state index contributed by atoms with van der Waals surface area (Å²) in [6.45, 7) is 6.32. The van der Waals surface area contributed by atoms with Crippen molar-refractivity contribution < 1.29 is 4.74 Å². The summed E-state index contributed by atoms with van der Waals surface area (Å²) in [6.07, 6.45) is 1.05. The van der Waals surface area contributed by atoms with Gasteiger partial charge in [-0.05, 0) is 32.4 Å². The lowest BCUT2D eigenvalue weighted by Crippen LogP contribution is -2.16. The van der Waals surface area contributed by atoms with E-state index in [0.717, 1.165) is 40.6 Å². The lowest BCUT2D eigenvalue weighted by atomic mass is 10.1. The molecule has 1 unspecified atom stereocenters. The van der Waals surface area contributed by atoms with E-state index in [1.54, 1.807) is 7.11 Å². The molecular formula is C18H22N4O. The zero-order valence-corrected chi connectivity index (χ0v) is 14.0. The summed E-state index contributed by atoms with van der Waals surface area (Å²) >= 11 is 0. The molecule has 5 nitrogen and oxygen atoms in total. The Bertz CT molecular complexity index is 825. The molecule has 5 heteroatoms. The zero-order valence-electron chi connectivity index (χ0n) is 14.0. The number of benzene rings is 1. The number of methoxy groups -OCH3 is 1. The van der Waals surface area contributed by atoms with E-state index in [9.17, 15) is 0 Å². The minimum absolute atomic E-state index is 0.374. The van der Waals surface area contributed by atoms with Crippen LogP contribution in [0.2, 0.25) is 0 Å². The number of ether oxygens (including phenoxy) is 1. The third-order valence-corrected chi connectivity index (χ3v) is 3.94. The average molecular weight is 310 g/mol. The number of aromatic nitrogens is 3. The molecule has 0 radical (unpaired) electrons. The Morgan fingerprint density at radius 3 is 2.78 bits per heavy atom. The van der Waals surface area contributed by atoms with Crippen LogP contribution >= 0.6 is 0 Å². The Balaban J connectivity index is 2.13. The highest BCUT2D eigenvalue weighted by Crippen LogP contribution is 2.29. The molecule has 1 atom stereocenters. The van der Waals surface area contributed by atoms with Crippen molar-refractivity contribution in [3.63, 3.8) is 0 Å². The van der Waals surface area contributed by atoms with Gasteiger partial charge in [-0.2, -0.15) is 9.61 Å². The van der Waals surface area contributed by atoms with E-state index in [0.29, 0.717) is 6.04 Å². The Hall–Kier alpha value is -2.56. The normalized spacial score (nSPS) is 12.3. The van der Waals surface area contributed by atoms with Crippen molar-refractivity contribution in [1.29, 1.82) is 0 Å². The predicted molar refractivity (Wildman–Crippen MR) is 93.1 cm³/mol. The monoisotopic (exact) mass is 310 g/mol. The van der Waals surface area contributed by atoms with E-state index in [1.807, 2.05) is 47.8 Å². The molecule has 120 valence electrons. The van der Waals surface area contributed by atoms with Gasteiger partial charge >= 0.3 is 0 Å². The number of hydrogen-bond acceptors (Lipinski definition) is 4. The summed E-state index contributed by atoms with van der Waals surface area (Å²) in [7, 11) is 1.67. The molecule has 3 aromatic rings. The molecule has 0 spiro atoms. The topological polar surface area (TPSA) is 51.5 Å². The van der Waals surface area contributed by atoms with Crippen LogP contribution in [0.1, 0.15) is 26.0 Å². The van der Waals surface area contributed by atoms with Gasteiger partial charge in [-0.1, -0.05) is 19.1 Å². The first-order valence-electron chi connectivity index (χ1n) is 7.89. The van der Waals surface area contributed by atoms with Crippen molar-refractivity contribution in [3.8, 4) is 17.0 Å². The zero-order chi connectivity index (χ0) is 16.4. The second-order valence-corrected chi connectivity index (χ2v) is 5.74. The second kappa shape index (κ2) is 6.28. The SMILES string of the molecule is CCC(C)Nc1cc(C)nc2cc(-c3ccccc3OC)nn12. The molecule has 0 fully saturated rings. The quantitative estimate of drug-likeness (QED) is 0.776. The molecule has 0 aliphatic heterocycles. The van der Waals surface area contributed by atoms with Crippen molar-refractivity contribution >= 4 is 11.5 Å². The second-order valence-electron chi connectivity index (χ2n) is 5.74. The van der Waals surface area contributed by atoms with Crippen molar-refractivity contribution in [2.45, 2.75) is 33.2 Å². The fourth-order valence-electron chi connectivity index (χ4n) is 2.55. The lowest BCUT2D eigenvalue weighted by molar-refractivity contribution is 0.416. The Kier molecular flexibility index (Phi) is 4.19. The molecule has 0 saturated heterocycles. The van der Waals surface area contributed by atoms with Crippen LogP contribution in [0.3, 0.4) is 0 Å². The first kappa shape index (κ1) is 15.3. The summed E-state index contributed by atoms with van der Waals surface area (Å²) < 4.78 is 7.31. The molecule has 0 saturated carbocycles. The molecular weight excluding hydrogens is 288 g/mol. The number of nitrogens with zero attached hydrogens (tertiary/aromatic N) is 3. The van der Waals surface area contributed by atoms with Gasteiger partial charge in [0.2, 0.25) is 0 Å². The lowest BCUT2D eigenvalue weighted by Gasteiger charge is -2.14. The molecule has 1 aromatic carbocycles. The Labute approximate surface area is 136 Å². The number of rotatable bonds is 5. The van der Waals surface area contributed by atoms with Crippen LogP contribution in [0.25, 0.3) is 16.9 Å². The number of fused-ring (bicyclic) bond motifs is 1. The third kappa shape index (κ3) is 2.99.